The molecule has 6 heteroatoms. The summed E-state index contributed by atoms with van der Waals surface area (Å²) in [6.07, 6.45) is 2.45. The van der Waals surface area contributed by atoms with Gasteiger partial charge in [-0.15, -0.1) is 11.3 Å². The number of pyridine rings is 1. The third-order valence-corrected chi connectivity index (χ3v) is 6.26. The van der Waals surface area contributed by atoms with E-state index in [0.717, 1.165) is 33.5 Å². The van der Waals surface area contributed by atoms with Gasteiger partial charge in [-0.25, -0.2) is 0 Å². The number of fused-ring (bicyclic) bond motifs is 2. The Balaban J connectivity index is 1.72. The molecule has 0 fully saturated rings. The van der Waals surface area contributed by atoms with Crippen LogP contribution in [0.3, 0.4) is 0 Å². The molecule has 1 amide bonds. The molecule has 4 nitrogen and oxygen atoms in total. The van der Waals surface area contributed by atoms with Gasteiger partial charge in [-0.2, -0.15) is 0 Å². The van der Waals surface area contributed by atoms with Crippen molar-refractivity contribution < 1.29 is 9.53 Å². The Bertz CT molecular complexity index is 983. The number of ether oxygens (including phenoxy) is 1. The van der Waals surface area contributed by atoms with E-state index in [1.54, 1.807) is 12.3 Å². The van der Waals surface area contributed by atoms with Crippen LogP contribution in [0.2, 0.25) is 5.02 Å². The Morgan fingerprint density at radius 1 is 1.35 bits per heavy atom. The first-order chi connectivity index (χ1) is 12.6. The minimum Gasteiger partial charge on any atom is -0.493 e. The summed E-state index contributed by atoms with van der Waals surface area (Å²) in [6, 6.07) is 9.57. The summed E-state index contributed by atoms with van der Waals surface area (Å²) in [4.78, 5) is 18.3. The van der Waals surface area contributed by atoms with Crippen molar-refractivity contribution in [1.82, 2.24) is 10.3 Å². The van der Waals surface area contributed by atoms with Crippen LogP contribution in [0.25, 0.3) is 10.2 Å². The molecule has 0 radical (unpaired) electrons. The lowest BCUT2D eigenvalue weighted by Crippen LogP contribution is -2.32. The maximum Gasteiger partial charge on any atom is 0.262 e. The van der Waals surface area contributed by atoms with Gasteiger partial charge in [0.1, 0.15) is 5.75 Å². The Morgan fingerprint density at radius 3 is 2.96 bits per heavy atom. The molecular weight excluding hydrogens is 368 g/mol. The van der Waals surface area contributed by atoms with Crippen molar-refractivity contribution in [2.75, 3.05) is 6.61 Å². The first-order valence-corrected chi connectivity index (χ1v) is 9.85. The number of thiophene rings is 1. The molecule has 134 valence electrons. The second-order valence-electron chi connectivity index (χ2n) is 6.67. The molecule has 0 saturated carbocycles. The summed E-state index contributed by atoms with van der Waals surface area (Å²) in [5, 5.41) is 3.82. The van der Waals surface area contributed by atoms with E-state index in [1.165, 1.54) is 11.3 Å². The number of nitrogens with zero attached hydrogens (tertiary/aromatic N) is 1. The predicted octanol–water partition coefficient (Wildman–Crippen LogP) is 5.33. The second-order valence-corrected chi connectivity index (χ2v) is 8.10. The molecule has 0 bridgehead atoms. The van der Waals surface area contributed by atoms with Gasteiger partial charge in [-0.05, 0) is 18.1 Å². The van der Waals surface area contributed by atoms with Gasteiger partial charge in [0.2, 0.25) is 0 Å². The van der Waals surface area contributed by atoms with Crippen LogP contribution in [-0.2, 0) is 0 Å². The van der Waals surface area contributed by atoms with Crippen LogP contribution in [-0.4, -0.2) is 17.5 Å². The van der Waals surface area contributed by atoms with Crippen LogP contribution in [0.15, 0.2) is 36.5 Å². The van der Waals surface area contributed by atoms with Crippen LogP contribution < -0.4 is 10.1 Å². The number of carbonyl (C=O) groups excluding carboxylic acids is 1. The Hall–Kier alpha value is -2.11. The van der Waals surface area contributed by atoms with Gasteiger partial charge in [0, 0.05) is 23.7 Å². The average molecular weight is 387 g/mol. The molecule has 3 heterocycles. The van der Waals surface area contributed by atoms with Crippen molar-refractivity contribution in [1.29, 1.82) is 0 Å². The lowest BCUT2D eigenvalue weighted by atomic mass is 9.99. The average Bonchev–Trinajstić information content (AvgIpc) is 3.03. The van der Waals surface area contributed by atoms with Crippen molar-refractivity contribution in [3.05, 3.63) is 57.6 Å². The van der Waals surface area contributed by atoms with Gasteiger partial charge in [0.25, 0.3) is 5.91 Å². The fourth-order valence-electron chi connectivity index (χ4n) is 3.40. The van der Waals surface area contributed by atoms with Gasteiger partial charge in [-0.3, -0.25) is 9.78 Å². The van der Waals surface area contributed by atoms with E-state index < -0.39 is 0 Å². The van der Waals surface area contributed by atoms with Crippen LogP contribution in [0.5, 0.6) is 5.75 Å². The molecule has 1 atom stereocenters. The molecule has 0 spiro atoms. The molecule has 2 aromatic heterocycles. The van der Waals surface area contributed by atoms with E-state index in [4.69, 9.17) is 16.3 Å². The maximum absolute atomic E-state index is 13.1. The maximum atomic E-state index is 13.1. The fraction of sp³-hybridized carbons (Fsp3) is 0.300. The van der Waals surface area contributed by atoms with Crippen molar-refractivity contribution in [2.24, 2.45) is 0 Å². The quantitative estimate of drug-likeness (QED) is 0.662. The smallest absolute Gasteiger partial charge is 0.262 e. The van der Waals surface area contributed by atoms with Gasteiger partial charge in [0.15, 0.2) is 0 Å². The first kappa shape index (κ1) is 17.3. The van der Waals surface area contributed by atoms with Gasteiger partial charge >= 0.3 is 0 Å². The van der Waals surface area contributed by atoms with Crippen molar-refractivity contribution >= 4 is 39.1 Å². The zero-order chi connectivity index (χ0) is 18.3. The molecule has 1 aliphatic rings. The van der Waals surface area contributed by atoms with Crippen molar-refractivity contribution in [3.8, 4) is 5.75 Å². The highest BCUT2D eigenvalue weighted by Gasteiger charge is 2.27. The van der Waals surface area contributed by atoms with Crippen LogP contribution >= 0.6 is 22.9 Å². The molecule has 1 aromatic carbocycles. The lowest BCUT2D eigenvalue weighted by Gasteiger charge is -2.26. The summed E-state index contributed by atoms with van der Waals surface area (Å²) >= 11 is 7.75. The third kappa shape index (κ3) is 2.95. The normalized spacial score (nSPS) is 16.4. The minimum atomic E-state index is -0.0746. The van der Waals surface area contributed by atoms with E-state index in [2.05, 4.69) is 24.1 Å². The first-order valence-electron chi connectivity index (χ1n) is 8.65. The Kier molecular flexibility index (Phi) is 4.59. The summed E-state index contributed by atoms with van der Waals surface area (Å²) in [6.45, 7) is 4.74. The Morgan fingerprint density at radius 2 is 2.15 bits per heavy atom. The standard InChI is InChI=1S/C20H19ClN2O2S/c1-11(2)16-17-18(13(21)7-9-22-17)26-19(16)20(24)23-14-8-10-25-15-6-4-3-5-12(14)15/h3-7,9,11,14H,8,10H2,1-2H3,(H,23,24). The number of halogens is 1. The topological polar surface area (TPSA) is 51.2 Å². The molecule has 3 aromatic rings. The molecule has 0 saturated heterocycles. The largest absolute Gasteiger partial charge is 0.493 e. The minimum absolute atomic E-state index is 0.0545. The highest BCUT2D eigenvalue weighted by Crippen LogP contribution is 2.39. The van der Waals surface area contributed by atoms with E-state index in [1.807, 2.05) is 24.3 Å². The Labute approximate surface area is 161 Å². The van der Waals surface area contributed by atoms with Crippen molar-refractivity contribution in [3.63, 3.8) is 0 Å². The molecule has 1 aliphatic heterocycles. The zero-order valence-corrected chi connectivity index (χ0v) is 16.2. The molecule has 26 heavy (non-hydrogen) atoms. The van der Waals surface area contributed by atoms with Gasteiger partial charge < -0.3 is 10.1 Å². The molecule has 0 aliphatic carbocycles. The van der Waals surface area contributed by atoms with E-state index >= 15 is 0 Å². The van der Waals surface area contributed by atoms with Crippen LogP contribution in [0.1, 0.15) is 53.0 Å². The monoisotopic (exact) mass is 386 g/mol. The van der Waals surface area contributed by atoms with E-state index in [9.17, 15) is 4.79 Å². The SMILES string of the molecule is CC(C)c1c(C(=O)NC2CCOc3ccccc32)sc2c(Cl)ccnc12. The summed E-state index contributed by atoms with van der Waals surface area (Å²) in [5.74, 6) is 0.945. The molecular formula is C20H19ClN2O2S. The van der Waals surface area contributed by atoms with E-state index in [0.29, 0.717) is 16.5 Å². The predicted molar refractivity (Wildman–Crippen MR) is 105 cm³/mol. The van der Waals surface area contributed by atoms with E-state index in [-0.39, 0.29) is 17.9 Å². The van der Waals surface area contributed by atoms with Gasteiger partial charge in [-0.1, -0.05) is 43.6 Å². The number of hydrogen-bond acceptors (Lipinski definition) is 4. The van der Waals surface area contributed by atoms with Crippen LogP contribution in [0.4, 0.5) is 0 Å². The van der Waals surface area contributed by atoms with Gasteiger partial charge in [0.05, 0.1) is 32.8 Å². The number of nitrogens with one attached hydrogen (secondary N) is 1. The highest BCUT2D eigenvalue weighted by molar-refractivity contribution is 7.21. The number of amides is 1. The number of para-hydroxylation sites is 1. The molecule has 1 N–H and O–H groups in total. The zero-order valence-electron chi connectivity index (χ0n) is 14.6. The fourth-order valence-corrected chi connectivity index (χ4v) is 4.88. The summed E-state index contributed by atoms with van der Waals surface area (Å²) in [5.41, 5.74) is 2.82. The number of carbonyl (C=O) groups is 1. The number of rotatable bonds is 3. The number of aromatic nitrogens is 1. The number of benzene rings is 1. The van der Waals surface area contributed by atoms with Crippen molar-refractivity contribution in [2.45, 2.75) is 32.2 Å². The summed E-state index contributed by atoms with van der Waals surface area (Å²) in [7, 11) is 0. The third-order valence-electron chi connectivity index (χ3n) is 4.61. The number of hydrogen-bond donors (Lipinski definition) is 1. The molecule has 1 unspecified atom stereocenters. The van der Waals surface area contributed by atoms with Crippen LogP contribution in [0, 0.1) is 0 Å². The summed E-state index contributed by atoms with van der Waals surface area (Å²) < 4.78 is 6.56. The second kappa shape index (κ2) is 6.89. The molecule has 4 rings (SSSR count). The lowest BCUT2D eigenvalue weighted by molar-refractivity contribution is 0.0928. The highest BCUT2D eigenvalue weighted by atomic mass is 35.5.